The summed E-state index contributed by atoms with van der Waals surface area (Å²) in [6.07, 6.45) is -0.561. The molecule has 0 bridgehead atoms. The van der Waals surface area contributed by atoms with Crippen molar-refractivity contribution >= 4 is 23.0 Å². The largest absolute Gasteiger partial charge is 0.360 e. The monoisotopic (exact) mass is 267 g/mol. The number of benzene rings is 1. The van der Waals surface area contributed by atoms with E-state index in [1.165, 1.54) is 6.07 Å². The SMILES string of the molecule is N#CC1CN(c2ccc(Cl)cc2[N+](=O)[O-])CCO1. The van der Waals surface area contributed by atoms with Gasteiger partial charge in [-0.1, -0.05) is 11.6 Å². The van der Waals surface area contributed by atoms with Crippen LogP contribution in [-0.4, -0.2) is 30.7 Å². The van der Waals surface area contributed by atoms with E-state index in [2.05, 4.69) is 0 Å². The first-order valence-electron chi connectivity index (χ1n) is 5.32. The average Bonchev–Trinajstić information content (AvgIpc) is 2.38. The zero-order valence-electron chi connectivity index (χ0n) is 9.38. The zero-order chi connectivity index (χ0) is 13.1. The number of ether oxygens (including phenoxy) is 1. The van der Waals surface area contributed by atoms with Crippen LogP contribution in [0.4, 0.5) is 11.4 Å². The number of anilines is 1. The molecule has 2 rings (SSSR count). The maximum atomic E-state index is 11.0. The minimum Gasteiger partial charge on any atom is -0.360 e. The van der Waals surface area contributed by atoms with Gasteiger partial charge in [0.05, 0.1) is 24.1 Å². The molecule has 1 aliphatic rings. The van der Waals surface area contributed by atoms with E-state index in [-0.39, 0.29) is 5.69 Å². The van der Waals surface area contributed by atoms with E-state index in [9.17, 15) is 10.1 Å². The van der Waals surface area contributed by atoms with E-state index in [0.717, 1.165) is 0 Å². The lowest BCUT2D eigenvalue weighted by molar-refractivity contribution is -0.384. The topological polar surface area (TPSA) is 79.4 Å². The number of nitro benzene ring substituents is 1. The third-order valence-corrected chi connectivity index (χ3v) is 2.92. The average molecular weight is 268 g/mol. The Bertz CT molecular complexity index is 515. The van der Waals surface area contributed by atoms with Crippen LogP contribution in [-0.2, 0) is 4.74 Å². The molecule has 0 saturated carbocycles. The van der Waals surface area contributed by atoms with Crippen molar-refractivity contribution in [1.82, 2.24) is 0 Å². The smallest absolute Gasteiger partial charge is 0.294 e. The molecule has 7 heteroatoms. The highest BCUT2D eigenvalue weighted by Gasteiger charge is 2.25. The molecule has 1 atom stereocenters. The fraction of sp³-hybridized carbons (Fsp3) is 0.364. The van der Waals surface area contributed by atoms with E-state index in [4.69, 9.17) is 21.6 Å². The maximum Gasteiger partial charge on any atom is 0.294 e. The van der Waals surface area contributed by atoms with Crippen molar-refractivity contribution in [3.63, 3.8) is 0 Å². The molecular weight excluding hydrogens is 258 g/mol. The van der Waals surface area contributed by atoms with Gasteiger partial charge in [-0.3, -0.25) is 10.1 Å². The van der Waals surface area contributed by atoms with Crippen molar-refractivity contribution in [3.8, 4) is 6.07 Å². The fourth-order valence-corrected chi connectivity index (χ4v) is 2.02. The quantitative estimate of drug-likeness (QED) is 0.605. The van der Waals surface area contributed by atoms with Gasteiger partial charge in [0.25, 0.3) is 5.69 Å². The Morgan fingerprint density at radius 3 is 3.06 bits per heavy atom. The molecule has 1 unspecified atom stereocenters. The summed E-state index contributed by atoms with van der Waals surface area (Å²) in [5.74, 6) is 0. The number of nitrogens with zero attached hydrogens (tertiary/aromatic N) is 3. The number of rotatable bonds is 2. The van der Waals surface area contributed by atoms with Crippen LogP contribution in [0.25, 0.3) is 0 Å². The standard InChI is InChI=1S/C11H10ClN3O3/c12-8-1-2-10(11(5-8)15(16)17)14-3-4-18-9(6-13)7-14/h1-2,5,9H,3-4,7H2. The van der Waals surface area contributed by atoms with Crippen LogP contribution in [0.1, 0.15) is 0 Å². The second-order valence-electron chi connectivity index (χ2n) is 3.82. The maximum absolute atomic E-state index is 11.0. The second-order valence-corrected chi connectivity index (χ2v) is 4.26. The molecule has 1 aromatic carbocycles. The van der Waals surface area contributed by atoms with Gasteiger partial charge in [0, 0.05) is 17.6 Å². The van der Waals surface area contributed by atoms with Gasteiger partial charge in [-0.2, -0.15) is 5.26 Å². The Hall–Kier alpha value is -1.84. The summed E-state index contributed by atoms with van der Waals surface area (Å²) < 4.78 is 5.20. The molecule has 94 valence electrons. The summed E-state index contributed by atoms with van der Waals surface area (Å²) in [5.41, 5.74) is 0.411. The molecule has 1 aromatic rings. The number of halogens is 1. The fourth-order valence-electron chi connectivity index (χ4n) is 1.86. The van der Waals surface area contributed by atoms with Crippen LogP contribution < -0.4 is 4.90 Å². The summed E-state index contributed by atoms with van der Waals surface area (Å²) in [4.78, 5) is 12.3. The Morgan fingerprint density at radius 2 is 2.39 bits per heavy atom. The van der Waals surface area contributed by atoms with Gasteiger partial charge >= 0.3 is 0 Å². The first-order chi connectivity index (χ1) is 8.61. The van der Waals surface area contributed by atoms with Crippen molar-refractivity contribution < 1.29 is 9.66 Å². The number of hydrogen-bond acceptors (Lipinski definition) is 5. The molecule has 0 aliphatic carbocycles. The molecule has 1 saturated heterocycles. The predicted octanol–water partition coefficient (Wildman–Crippen LogP) is 1.98. The number of nitriles is 1. The van der Waals surface area contributed by atoms with Crippen molar-refractivity contribution in [3.05, 3.63) is 33.3 Å². The number of nitro groups is 1. The van der Waals surface area contributed by atoms with Gasteiger partial charge in [0.1, 0.15) is 5.69 Å². The first-order valence-corrected chi connectivity index (χ1v) is 5.69. The summed E-state index contributed by atoms with van der Waals surface area (Å²) in [7, 11) is 0. The zero-order valence-corrected chi connectivity index (χ0v) is 10.1. The van der Waals surface area contributed by atoms with Crippen molar-refractivity contribution in [1.29, 1.82) is 5.26 Å². The van der Waals surface area contributed by atoms with E-state index in [0.29, 0.717) is 30.4 Å². The van der Waals surface area contributed by atoms with Crippen molar-refractivity contribution in [2.24, 2.45) is 0 Å². The van der Waals surface area contributed by atoms with Gasteiger partial charge in [-0.05, 0) is 12.1 Å². The van der Waals surface area contributed by atoms with E-state index in [1.807, 2.05) is 6.07 Å². The molecule has 0 amide bonds. The van der Waals surface area contributed by atoms with Gasteiger partial charge in [0.2, 0.25) is 0 Å². The summed E-state index contributed by atoms with van der Waals surface area (Å²) in [6, 6.07) is 6.51. The van der Waals surface area contributed by atoms with Gasteiger partial charge < -0.3 is 9.64 Å². The predicted molar refractivity (Wildman–Crippen MR) is 65.7 cm³/mol. The molecule has 0 radical (unpaired) electrons. The van der Waals surface area contributed by atoms with Crippen LogP contribution in [0.2, 0.25) is 5.02 Å². The van der Waals surface area contributed by atoms with Crippen LogP contribution >= 0.6 is 11.6 Å². The van der Waals surface area contributed by atoms with Gasteiger partial charge in [-0.25, -0.2) is 0 Å². The van der Waals surface area contributed by atoms with Crippen LogP contribution in [0, 0.1) is 21.4 Å². The molecule has 18 heavy (non-hydrogen) atoms. The molecule has 6 nitrogen and oxygen atoms in total. The normalized spacial score (nSPS) is 19.3. The Balaban J connectivity index is 2.33. The minimum absolute atomic E-state index is 0.0545. The minimum atomic E-state index is -0.561. The Kier molecular flexibility index (Phi) is 3.65. The summed E-state index contributed by atoms with van der Waals surface area (Å²) in [5, 5.41) is 20.1. The molecule has 0 aromatic heterocycles. The van der Waals surface area contributed by atoms with E-state index < -0.39 is 11.0 Å². The highest BCUT2D eigenvalue weighted by atomic mass is 35.5. The lowest BCUT2D eigenvalue weighted by Crippen LogP contribution is -2.42. The molecule has 1 aliphatic heterocycles. The van der Waals surface area contributed by atoms with Crippen LogP contribution in [0.3, 0.4) is 0 Å². The van der Waals surface area contributed by atoms with Crippen LogP contribution in [0.5, 0.6) is 0 Å². The summed E-state index contributed by atoms with van der Waals surface area (Å²) >= 11 is 5.76. The number of morpholine rings is 1. The molecular formula is C11H10ClN3O3. The first kappa shape index (κ1) is 12.6. The highest BCUT2D eigenvalue weighted by Crippen LogP contribution is 2.31. The van der Waals surface area contributed by atoms with Gasteiger partial charge in [0.15, 0.2) is 6.10 Å². The lowest BCUT2D eigenvalue weighted by Gasteiger charge is -2.31. The molecule has 0 N–H and O–H groups in total. The highest BCUT2D eigenvalue weighted by molar-refractivity contribution is 6.30. The van der Waals surface area contributed by atoms with Crippen LogP contribution in [0.15, 0.2) is 18.2 Å². The molecule has 0 spiro atoms. The Labute approximate surface area is 108 Å². The molecule has 1 fully saturated rings. The third kappa shape index (κ3) is 2.53. The van der Waals surface area contributed by atoms with Crippen molar-refractivity contribution in [2.45, 2.75) is 6.10 Å². The van der Waals surface area contributed by atoms with Crippen molar-refractivity contribution in [2.75, 3.05) is 24.6 Å². The molecule has 1 heterocycles. The Morgan fingerprint density at radius 1 is 1.61 bits per heavy atom. The second kappa shape index (κ2) is 5.21. The van der Waals surface area contributed by atoms with Gasteiger partial charge in [-0.15, -0.1) is 0 Å². The third-order valence-electron chi connectivity index (χ3n) is 2.69. The number of hydrogen-bond donors (Lipinski definition) is 0. The van der Waals surface area contributed by atoms with E-state index >= 15 is 0 Å². The lowest BCUT2D eigenvalue weighted by atomic mass is 10.2. The summed E-state index contributed by atoms with van der Waals surface area (Å²) in [6.45, 7) is 1.21. The van der Waals surface area contributed by atoms with E-state index in [1.54, 1.807) is 17.0 Å².